The van der Waals surface area contributed by atoms with Crippen LogP contribution in [-0.4, -0.2) is 41.5 Å². The Balaban J connectivity index is 2.13. The fourth-order valence-corrected chi connectivity index (χ4v) is 3.48. The Morgan fingerprint density at radius 3 is 2.37 bits per heavy atom. The molecule has 1 heterocycles. The van der Waals surface area contributed by atoms with Gasteiger partial charge in [-0.1, -0.05) is 12.8 Å². The lowest BCUT2D eigenvalue weighted by atomic mass is 9.79. The molecule has 0 bridgehead atoms. The number of piperidine rings is 1. The zero-order chi connectivity index (χ0) is 14.1. The molecule has 2 fully saturated rings. The molecule has 1 atom stereocenters. The van der Waals surface area contributed by atoms with Crippen molar-refractivity contribution in [1.82, 2.24) is 4.90 Å². The summed E-state index contributed by atoms with van der Waals surface area (Å²) in [5.41, 5.74) is 4.62. The quantitative estimate of drug-likeness (QED) is 0.806. The van der Waals surface area contributed by atoms with E-state index in [1.54, 1.807) is 11.8 Å². The number of amides is 1. The van der Waals surface area contributed by atoms with E-state index in [4.69, 9.17) is 5.73 Å². The van der Waals surface area contributed by atoms with Crippen LogP contribution in [-0.2, 0) is 9.59 Å². The van der Waals surface area contributed by atoms with Crippen molar-refractivity contribution in [1.29, 1.82) is 0 Å². The Bertz CT molecular complexity index is 377. The van der Waals surface area contributed by atoms with Gasteiger partial charge in [0.05, 0.1) is 10.8 Å². The van der Waals surface area contributed by atoms with Crippen molar-refractivity contribution in [2.24, 2.45) is 16.6 Å². The van der Waals surface area contributed by atoms with Gasteiger partial charge in [0.2, 0.25) is 5.91 Å². The average Bonchev–Trinajstić information content (AvgIpc) is 2.87. The summed E-state index contributed by atoms with van der Waals surface area (Å²) in [5.74, 6) is -0.724. The van der Waals surface area contributed by atoms with Gasteiger partial charge < -0.3 is 15.7 Å². The molecule has 1 amide bonds. The monoisotopic (exact) mass is 268 g/mol. The zero-order valence-corrected chi connectivity index (χ0v) is 11.7. The summed E-state index contributed by atoms with van der Waals surface area (Å²) < 4.78 is 0. The molecule has 3 N–H and O–H groups in total. The molecule has 0 radical (unpaired) electrons. The van der Waals surface area contributed by atoms with Gasteiger partial charge in [0.15, 0.2) is 0 Å². The van der Waals surface area contributed by atoms with Gasteiger partial charge in [-0.2, -0.15) is 0 Å². The minimum absolute atomic E-state index is 0.0830. The van der Waals surface area contributed by atoms with Crippen LogP contribution in [0.1, 0.15) is 45.4 Å². The summed E-state index contributed by atoms with van der Waals surface area (Å²) in [6.07, 6.45) is 5.20. The van der Waals surface area contributed by atoms with Crippen LogP contribution in [0.5, 0.6) is 0 Å². The first-order chi connectivity index (χ1) is 8.93. The second kappa shape index (κ2) is 5.12. The molecule has 1 aliphatic carbocycles. The van der Waals surface area contributed by atoms with Crippen LogP contribution in [0.15, 0.2) is 0 Å². The number of hydrogen-bond donors (Lipinski definition) is 2. The highest BCUT2D eigenvalue weighted by Gasteiger charge is 2.46. The predicted molar refractivity (Wildman–Crippen MR) is 71.5 cm³/mol. The molecule has 5 heteroatoms. The van der Waals surface area contributed by atoms with Crippen LogP contribution in [0.3, 0.4) is 0 Å². The van der Waals surface area contributed by atoms with E-state index in [9.17, 15) is 14.7 Å². The molecule has 0 aromatic rings. The van der Waals surface area contributed by atoms with Crippen LogP contribution < -0.4 is 5.73 Å². The van der Waals surface area contributed by atoms with E-state index < -0.39 is 16.8 Å². The number of rotatable bonds is 3. The molecule has 2 aliphatic rings. The number of aliphatic carboxylic acids is 1. The lowest BCUT2D eigenvalue weighted by molar-refractivity contribution is -0.156. The predicted octanol–water partition coefficient (Wildman–Crippen LogP) is 1.22. The average molecular weight is 268 g/mol. The van der Waals surface area contributed by atoms with Gasteiger partial charge in [-0.15, -0.1) is 0 Å². The van der Waals surface area contributed by atoms with E-state index in [0.717, 1.165) is 32.1 Å². The summed E-state index contributed by atoms with van der Waals surface area (Å²) in [4.78, 5) is 25.8. The second-order valence-corrected chi connectivity index (χ2v) is 6.39. The number of likely N-dealkylation sites (tertiary alicyclic amines) is 1. The number of carbonyl (C=O) groups excluding carboxylic acids is 1. The number of carboxylic acids is 1. The molecule has 1 unspecified atom stereocenters. The molecule has 108 valence electrons. The Morgan fingerprint density at radius 2 is 1.84 bits per heavy atom. The lowest BCUT2D eigenvalue weighted by Crippen LogP contribution is -2.54. The van der Waals surface area contributed by atoms with Gasteiger partial charge in [-0.3, -0.25) is 9.59 Å². The van der Waals surface area contributed by atoms with Crippen molar-refractivity contribution < 1.29 is 14.7 Å². The molecule has 0 spiro atoms. The number of nitrogens with two attached hydrogens (primary N) is 1. The van der Waals surface area contributed by atoms with Crippen LogP contribution in [0.2, 0.25) is 0 Å². The van der Waals surface area contributed by atoms with Crippen molar-refractivity contribution in [2.45, 2.75) is 45.4 Å². The Hall–Kier alpha value is -1.10. The van der Waals surface area contributed by atoms with Crippen molar-refractivity contribution in [3.63, 3.8) is 0 Å². The van der Waals surface area contributed by atoms with Gasteiger partial charge in [0.1, 0.15) is 0 Å². The molecular formula is C14H24N2O3. The van der Waals surface area contributed by atoms with Crippen molar-refractivity contribution >= 4 is 11.9 Å². The van der Waals surface area contributed by atoms with Crippen molar-refractivity contribution in [2.75, 3.05) is 19.6 Å². The van der Waals surface area contributed by atoms with E-state index in [-0.39, 0.29) is 5.91 Å². The Morgan fingerprint density at radius 1 is 1.21 bits per heavy atom. The SMILES string of the molecule is CC1(C(=O)O)CCCN(C(=O)C2(CN)CCCC2)C1. The molecule has 19 heavy (non-hydrogen) atoms. The third-order valence-electron chi connectivity index (χ3n) is 4.91. The topological polar surface area (TPSA) is 83.6 Å². The van der Waals surface area contributed by atoms with Gasteiger partial charge in [0.25, 0.3) is 0 Å². The first-order valence-corrected chi connectivity index (χ1v) is 7.16. The van der Waals surface area contributed by atoms with E-state index in [1.165, 1.54) is 0 Å². The van der Waals surface area contributed by atoms with Crippen molar-refractivity contribution in [3.05, 3.63) is 0 Å². The normalized spacial score (nSPS) is 30.3. The van der Waals surface area contributed by atoms with Crippen LogP contribution in [0.25, 0.3) is 0 Å². The fourth-order valence-electron chi connectivity index (χ4n) is 3.48. The maximum absolute atomic E-state index is 12.7. The first-order valence-electron chi connectivity index (χ1n) is 7.16. The third-order valence-corrected chi connectivity index (χ3v) is 4.91. The Kier molecular flexibility index (Phi) is 3.85. The minimum atomic E-state index is -0.807. The summed E-state index contributed by atoms with van der Waals surface area (Å²) in [6, 6.07) is 0. The minimum Gasteiger partial charge on any atom is -0.481 e. The van der Waals surface area contributed by atoms with Crippen LogP contribution in [0.4, 0.5) is 0 Å². The van der Waals surface area contributed by atoms with Gasteiger partial charge in [0, 0.05) is 19.6 Å². The smallest absolute Gasteiger partial charge is 0.311 e. The second-order valence-electron chi connectivity index (χ2n) is 6.39. The molecule has 1 aliphatic heterocycles. The number of hydrogen-bond acceptors (Lipinski definition) is 3. The number of carbonyl (C=O) groups is 2. The first kappa shape index (κ1) is 14.3. The molecule has 1 saturated carbocycles. The van der Waals surface area contributed by atoms with Gasteiger partial charge in [-0.25, -0.2) is 0 Å². The van der Waals surface area contributed by atoms with Gasteiger partial charge in [-0.05, 0) is 32.6 Å². The summed E-state index contributed by atoms with van der Waals surface area (Å²) in [7, 11) is 0. The highest BCUT2D eigenvalue weighted by Crippen LogP contribution is 2.40. The van der Waals surface area contributed by atoms with Crippen molar-refractivity contribution in [3.8, 4) is 0 Å². The molecule has 1 saturated heterocycles. The highest BCUT2D eigenvalue weighted by molar-refractivity contribution is 5.84. The maximum atomic E-state index is 12.7. The van der Waals surface area contributed by atoms with E-state index >= 15 is 0 Å². The summed E-state index contributed by atoms with van der Waals surface area (Å²) >= 11 is 0. The number of nitrogens with zero attached hydrogens (tertiary/aromatic N) is 1. The highest BCUT2D eigenvalue weighted by atomic mass is 16.4. The number of carboxylic acid groups (broad SMARTS) is 1. The standard InChI is InChI=1S/C14H24N2O3/c1-13(12(18)19)5-4-8-16(10-13)11(17)14(9-15)6-2-3-7-14/h2-10,15H2,1H3,(H,18,19). The molecule has 5 nitrogen and oxygen atoms in total. The van der Waals surface area contributed by atoms with Crippen LogP contribution in [0, 0.1) is 10.8 Å². The summed E-state index contributed by atoms with van der Waals surface area (Å²) in [5, 5.41) is 9.32. The van der Waals surface area contributed by atoms with Gasteiger partial charge >= 0.3 is 5.97 Å². The molecule has 0 aromatic heterocycles. The Labute approximate surface area is 114 Å². The maximum Gasteiger partial charge on any atom is 0.311 e. The fraction of sp³-hybridized carbons (Fsp3) is 0.857. The van der Waals surface area contributed by atoms with Crippen LogP contribution >= 0.6 is 0 Å². The summed E-state index contributed by atoms with van der Waals surface area (Å²) in [6.45, 7) is 3.11. The zero-order valence-electron chi connectivity index (χ0n) is 11.7. The molecular weight excluding hydrogens is 244 g/mol. The third kappa shape index (κ3) is 2.48. The lowest BCUT2D eigenvalue weighted by Gasteiger charge is -2.41. The van der Waals surface area contributed by atoms with E-state index in [1.807, 2.05) is 0 Å². The molecule has 0 aromatic carbocycles. The molecule has 2 rings (SSSR count). The van der Waals surface area contributed by atoms with E-state index in [2.05, 4.69) is 0 Å². The van der Waals surface area contributed by atoms with E-state index in [0.29, 0.717) is 26.1 Å². The largest absolute Gasteiger partial charge is 0.481 e.